The molecule has 2 atom stereocenters. The molecule has 116 valence electrons. The Hall–Kier alpha value is -1.56. The van der Waals surface area contributed by atoms with Gasteiger partial charge in [0.05, 0.1) is 9.49 Å². The molecule has 2 rings (SSSR count). The Kier molecular flexibility index (Phi) is 5.83. The van der Waals surface area contributed by atoms with Gasteiger partial charge in [-0.15, -0.1) is 0 Å². The Morgan fingerprint density at radius 2 is 1.86 bits per heavy atom. The van der Waals surface area contributed by atoms with E-state index in [4.69, 9.17) is 4.74 Å². The van der Waals surface area contributed by atoms with Crippen molar-refractivity contribution in [3.8, 4) is 5.75 Å². The Bertz CT molecular complexity index is 640. The van der Waals surface area contributed by atoms with Crippen molar-refractivity contribution in [3.63, 3.8) is 0 Å². The fourth-order valence-corrected chi connectivity index (χ4v) is 2.70. The lowest BCUT2D eigenvalue weighted by Gasteiger charge is -2.19. The lowest BCUT2D eigenvalue weighted by atomic mass is 9.89. The highest BCUT2D eigenvalue weighted by Crippen LogP contribution is 2.29. The Morgan fingerprint density at radius 1 is 1.18 bits per heavy atom. The molecule has 0 fully saturated rings. The molecule has 3 nitrogen and oxygen atoms in total. The topological polar surface area (TPSA) is 46.5 Å². The van der Waals surface area contributed by atoms with Gasteiger partial charge in [0.2, 0.25) is 0 Å². The molecule has 1 N–H and O–H groups in total. The first kappa shape index (κ1) is 16.8. The van der Waals surface area contributed by atoms with Crippen LogP contribution >= 0.6 is 22.6 Å². The molecule has 0 aliphatic carbocycles. The highest BCUT2D eigenvalue weighted by molar-refractivity contribution is 14.1. The first-order chi connectivity index (χ1) is 10.5. The Balaban J connectivity index is 1.98. The number of benzene rings is 2. The van der Waals surface area contributed by atoms with Crippen molar-refractivity contribution in [1.29, 1.82) is 0 Å². The van der Waals surface area contributed by atoms with Crippen molar-refractivity contribution in [1.82, 2.24) is 0 Å². The van der Waals surface area contributed by atoms with Gasteiger partial charge in [0.1, 0.15) is 12.4 Å². The zero-order valence-corrected chi connectivity index (χ0v) is 14.8. The summed E-state index contributed by atoms with van der Waals surface area (Å²) < 4.78 is 6.18. The number of aromatic hydroxyl groups is 1. The van der Waals surface area contributed by atoms with Gasteiger partial charge in [-0.3, -0.25) is 4.79 Å². The normalized spacial score (nSPS) is 13.4. The molecule has 0 spiro atoms. The predicted octanol–water partition coefficient (Wildman–Crippen LogP) is 4.48. The SMILES string of the molecule is CC(C(=O)OCc1ccccc1)C(C)c1ccc(O)c(I)c1. The molecule has 2 aromatic rings. The number of halogens is 1. The highest BCUT2D eigenvalue weighted by Gasteiger charge is 2.23. The lowest BCUT2D eigenvalue weighted by Crippen LogP contribution is -2.20. The monoisotopic (exact) mass is 410 g/mol. The summed E-state index contributed by atoms with van der Waals surface area (Å²) in [6, 6.07) is 15.1. The van der Waals surface area contributed by atoms with Gasteiger partial charge in [0.15, 0.2) is 0 Å². The van der Waals surface area contributed by atoms with Crippen molar-refractivity contribution < 1.29 is 14.6 Å². The van der Waals surface area contributed by atoms with Crippen LogP contribution in [0.4, 0.5) is 0 Å². The maximum absolute atomic E-state index is 12.2. The van der Waals surface area contributed by atoms with E-state index in [1.165, 1.54) is 0 Å². The minimum absolute atomic E-state index is 0.0254. The van der Waals surface area contributed by atoms with Crippen molar-refractivity contribution >= 4 is 28.6 Å². The van der Waals surface area contributed by atoms with E-state index in [-0.39, 0.29) is 23.6 Å². The maximum atomic E-state index is 12.2. The number of rotatable bonds is 5. The smallest absolute Gasteiger partial charge is 0.309 e. The third-order valence-corrected chi connectivity index (χ3v) is 4.71. The summed E-state index contributed by atoms with van der Waals surface area (Å²) in [6.07, 6.45) is 0. The van der Waals surface area contributed by atoms with Gasteiger partial charge in [-0.1, -0.05) is 50.2 Å². The van der Waals surface area contributed by atoms with E-state index in [2.05, 4.69) is 22.6 Å². The van der Waals surface area contributed by atoms with Crippen molar-refractivity contribution in [2.24, 2.45) is 5.92 Å². The molecule has 22 heavy (non-hydrogen) atoms. The van der Waals surface area contributed by atoms with Gasteiger partial charge < -0.3 is 9.84 Å². The second kappa shape index (κ2) is 7.63. The van der Waals surface area contributed by atoms with Gasteiger partial charge in [0.25, 0.3) is 0 Å². The van der Waals surface area contributed by atoms with Crippen molar-refractivity contribution in [2.75, 3.05) is 0 Å². The quantitative estimate of drug-likeness (QED) is 0.584. The fraction of sp³-hybridized carbons (Fsp3) is 0.278. The average molecular weight is 410 g/mol. The van der Waals surface area contributed by atoms with E-state index < -0.39 is 0 Å². The van der Waals surface area contributed by atoms with E-state index in [1.807, 2.05) is 56.3 Å². The molecule has 0 amide bonds. The van der Waals surface area contributed by atoms with Crippen LogP contribution in [0.1, 0.15) is 30.9 Å². The van der Waals surface area contributed by atoms with Crippen LogP contribution in [0.25, 0.3) is 0 Å². The number of phenols is 1. The molecule has 2 aromatic carbocycles. The molecule has 4 heteroatoms. The molecule has 0 aliphatic heterocycles. The standard InChI is InChI=1S/C18H19IO3/c1-12(15-8-9-17(20)16(19)10-15)13(2)18(21)22-11-14-6-4-3-5-7-14/h3-10,12-13,20H,11H2,1-2H3. The van der Waals surface area contributed by atoms with Crippen LogP contribution in [0.2, 0.25) is 0 Å². The zero-order valence-electron chi connectivity index (χ0n) is 12.6. The van der Waals surface area contributed by atoms with Crippen LogP contribution in [0, 0.1) is 9.49 Å². The van der Waals surface area contributed by atoms with Gasteiger partial charge in [-0.2, -0.15) is 0 Å². The molecule has 0 saturated carbocycles. The zero-order chi connectivity index (χ0) is 16.1. The maximum Gasteiger partial charge on any atom is 0.309 e. The minimum atomic E-state index is -0.246. The molecular weight excluding hydrogens is 391 g/mol. The summed E-state index contributed by atoms with van der Waals surface area (Å²) in [5.74, 6) is -0.170. The minimum Gasteiger partial charge on any atom is -0.507 e. The van der Waals surface area contributed by atoms with Gasteiger partial charge >= 0.3 is 5.97 Å². The number of esters is 1. The molecule has 0 saturated heterocycles. The first-order valence-electron chi connectivity index (χ1n) is 7.18. The van der Waals surface area contributed by atoms with Crippen LogP contribution < -0.4 is 0 Å². The molecule has 0 heterocycles. The number of carbonyl (C=O) groups is 1. The summed E-state index contributed by atoms with van der Waals surface area (Å²) >= 11 is 2.08. The fourth-order valence-electron chi connectivity index (χ4n) is 2.16. The van der Waals surface area contributed by atoms with Crippen LogP contribution in [0.5, 0.6) is 5.75 Å². The number of carbonyl (C=O) groups excluding carboxylic acids is 1. The summed E-state index contributed by atoms with van der Waals surface area (Å²) in [5.41, 5.74) is 2.00. The number of phenolic OH excluding ortho intramolecular Hbond substituents is 1. The second-order valence-electron chi connectivity index (χ2n) is 5.38. The molecule has 2 unspecified atom stereocenters. The second-order valence-corrected chi connectivity index (χ2v) is 6.54. The van der Waals surface area contributed by atoms with Crippen LogP contribution in [-0.2, 0) is 16.1 Å². The van der Waals surface area contributed by atoms with E-state index in [1.54, 1.807) is 6.07 Å². The molecule has 0 aliphatic rings. The summed E-state index contributed by atoms with van der Waals surface area (Å²) in [6.45, 7) is 4.17. The van der Waals surface area contributed by atoms with Crippen LogP contribution in [0.3, 0.4) is 0 Å². The largest absolute Gasteiger partial charge is 0.507 e. The van der Waals surface area contributed by atoms with E-state index in [9.17, 15) is 9.90 Å². The molecule has 0 bridgehead atoms. The summed E-state index contributed by atoms with van der Waals surface area (Å²) in [7, 11) is 0. The molecular formula is C18H19IO3. The summed E-state index contributed by atoms with van der Waals surface area (Å²) in [5, 5.41) is 9.58. The Morgan fingerprint density at radius 3 is 2.50 bits per heavy atom. The highest BCUT2D eigenvalue weighted by atomic mass is 127. The van der Waals surface area contributed by atoms with Crippen molar-refractivity contribution in [2.45, 2.75) is 26.4 Å². The third kappa shape index (κ3) is 4.22. The van der Waals surface area contributed by atoms with Crippen molar-refractivity contribution in [3.05, 3.63) is 63.2 Å². The van der Waals surface area contributed by atoms with E-state index >= 15 is 0 Å². The summed E-state index contributed by atoms with van der Waals surface area (Å²) in [4.78, 5) is 12.2. The number of hydrogen-bond donors (Lipinski definition) is 1. The number of ether oxygens (including phenoxy) is 1. The van der Waals surface area contributed by atoms with Gasteiger partial charge in [0, 0.05) is 0 Å². The predicted molar refractivity (Wildman–Crippen MR) is 94.6 cm³/mol. The first-order valence-corrected chi connectivity index (χ1v) is 8.26. The Labute approximate surface area is 144 Å². The third-order valence-electron chi connectivity index (χ3n) is 3.84. The molecule has 0 radical (unpaired) electrons. The lowest BCUT2D eigenvalue weighted by molar-refractivity contribution is -0.149. The molecule has 0 aromatic heterocycles. The van der Waals surface area contributed by atoms with Gasteiger partial charge in [-0.05, 0) is 51.8 Å². The van der Waals surface area contributed by atoms with E-state index in [0.717, 1.165) is 14.7 Å². The van der Waals surface area contributed by atoms with Crippen LogP contribution in [0.15, 0.2) is 48.5 Å². The van der Waals surface area contributed by atoms with Gasteiger partial charge in [-0.25, -0.2) is 0 Å². The van der Waals surface area contributed by atoms with Crippen LogP contribution in [-0.4, -0.2) is 11.1 Å². The average Bonchev–Trinajstić information content (AvgIpc) is 2.54. The van der Waals surface area contributed by atoms with E-state index in [0.29, 0.717) is 6.61 Å². The number of hydrogen-bond acceptors (Lipinski definition) is 3.